The number of sulfonamides is 1. The molecule has 0 rings (SSSR count). The minimum Gasteiger partial charge on any atom is -0.353 e. The summed E-state index contributed by atoms with van der Waals surface area (Å²) in [5.41, 5.74) is 0. The normalized spacial score (nSPS) is 11.8. The van der Waals surface area contributed by atoms with E-state index in [0.717, 1.165) is 0 Å². The van der Waals surface area contributed by atoms with E-state index in [-0.39, 0.29) is 24.2 Å². The molecule has 0 fully saturated rings. The minimum absolute atomic E-state index is 0.00764. The van der Waals surface area contributed by atoms with Crippen molar-refractivity contribution >= 4 is 27.5 Å². The quantitative estimate of drug-likeness (QED) is 0.497. The van der Waals surface area contributed by atoms with Gasteiger partial charge >= 0.3 is 0 Å². The van der Waals surface area contributed by atoms with Gasteiger partial charge in [0.25, 0.3) is 0 Å². The summed E-state index contributed by atoms with van der Waals surface area (Å²) in [4.78, 5) is 11.2. The fourth-order valence-electron chi connectivity index (χ4n) is 1.01. The van der Waals surface area contributed by atoms with Crippen LogP contribution in [0.1, 0.15) is 26.7 Å². The molecular weight excluding hydrogens is 252 g/mol. The largest absolute Gasteiger partial charge is 0.353 e. The Bertz CT molecular complexity index is 304. The summed E-state index contributed by atoms with van der Waals surface area (Å²) < 4.78 is 25.0. The highest BCUT2D eigenvalue weighted by Gasteiger charge is 2.12. The highest BCUT2D eigenvalue weighted by Crippen LogP contribution is 1.96. The molecule has 0 aromatic heterocycles. The second-order valence-electron chi connectivity index (χ2n) is 3.76. The molecule has 0 saturated carbocycles. The second kappa shape index (κ2) is 7.86. The summed E-state index contributed by atoms with van der Waals surface area (Å²) in [6.45, 7) is 3.42. The van der Waals surface area contributed by atoms with Crippen molar-refractivity contribution in [2.45, 2.75) is 32.7 Å². The number of carbonyl (C=O) groups is 1. The number of hydrogen-bond donors (Lipinski definition) is 2. The van der Waals surface area contributed by atoms with Crippen molar-refractivity contribution in [1.82, 2.24) is 10.0 Å². The first-order valence-corrected chi connectivity index (χ1v) is 7.38. The molecule has 0 bridgehead atoms. The van der Waals surface area contributed by atoms with E-state index in [0.29, 0.717) is 18.7 Å². The van der Waals surface area contributed by atoms with E-state index >= 15 is 0 Å². The van der Waals surface area contributed by atoms with Crippen molar-refractivity contribution in [3.8, 4) is 0 Å². The van der Waals surface area contributed by atoms with E-state index in [2.05, 4.69) is 10.0 Å². The first-order chi connectivity index (χ1) is 7.37. The molecule has 0 aromatic carbocycles. The van der Waals surface area contributed by atoms with Crippen LogP contribution in [-0.2, 0) is 14.8 Å². The van der Waals surface area contributed by atoms with E-state index in [1.54, 1.807) is 0 Å². The van der Waals surface area contributed by atoms with Gasteiger partial charge in [0.05, 0.1) is 12.3 Å². The van der Waals surface area contributed by atoms with Gasteiger partial charge in [0, 0.05) is 11.9 Å². The maximum absolute atomic E-state index is 11.4. The lowest BCUT2D eigenvalue weighted by Crippen LogP contribution is -2.40. The fraction of sp³-hybridized carbons (Fsp3) is 0.889. The smallest absolute Gasteiger partial charge is 0.235 e. The first kappa shape index (κ1) is 15.7. The molecule has 0 aliphatic carbocycles. The number of unbranched alkanes of at least 4 members (excludes halogenated alkanes) is 1. The van der Waals surface area contributed by atoms with Crippen LogP contribution < -0.4 is 10.0 Å². The molecular formula is C9H19ClN2O3S. The molecule has 5 nitrogen and oxygen atoms in total. The lowest BCUT2D eigenvalue weighted by atomic mass is 10.4. The van der Waals surface area contributed by atoms with E-state index < -0.39 is 10.0 Å². The predicted molar refractivity (Wildman–Crippen MR) is 65.0 cm³/mol. The van der Waals surface area contributed by atoms with Crippen molar-refractivity contribution in [3.05, 3.63) is 0 Å². The maximum atomic E-state index is 11.4. The molecule has 0 aliphatic heterocycles. The third kappa shape index (κ3) is 8.94. The molecule has 0 unspecified atom stereocenters. The third-order valence-corrected chi connectivity index (χ3v) is 3.38. The van der Waals surface area contributed by atoms with Crippen LogP contribution in [0.25, 0.3) is 0 Å². The van der Waals surface area contributed by atoms with Gasteiger partial charge in [-0.2, -0.15) is 0 Å². The summed E-state index contributed by atoms with van der Waals surface area (Å²) in [5.74, 6) is 0.133. The predicted octanol–water partition coefficient (Wildman–Crippen LogP) is 0.449. The number of carbonyl (C=O) groups excluding carboxylic acids is 1. The lowest BCUT2D eigenvalue weighted by molar-refractivity contribution is -0.120. The fourth-order valence-corrected chi connectivity index (χ4v) is 2.28. The van der Waals surface area contributed by atoms with Gasteiger partial charge in [0.1, 0.15) is 0 Å². The summed E-state index contributed by atoms with van der Waals surface area (Å²) in [6.07, 6.45) is 1.16. The molecule has 0 heterocycles. The zero-order valence-electron chi connectivity index (χ0n) is 9.62. The van der Waals surface area contributed by atoms with E-state index in [1.807, 2.05) is 13.8 Å². The van der Waals surface area contributed by atoms with Gasteiger partial charge < -0.3 is 5.32 Å². The molecule has 96 valence electrons. The average Bonchev–Trinajstić information content (AvgIpc) is 2.14. The average molecular weight is 271 g/mol. The number of halogens is 1. The number of nitrogens with one attached hydrogen (secondary N) is 2. The number of rotatable bonds is 8. The second-order valence-corrected chi connectivity index (χ2v) is 6.06. The van der Waals surface area contributed by atoms with Crippen LogP contribution >= 0.6 is 11.6 Å². The van der Waals surface area contributed by atoms with E-state index in [4.69, 9.17) is 11.6 Å². The van der Waals surface area contributed by atoms with Crippen molar-refractivity contribution in [3.63, 3.8) is 0 Å². The molecule has 0 aliphatic rings. The number of alkyl halides is 1. The lowest BCUT2D eigenvalue weighted by Gasteiger charge is -2.09. The van der Waals surface area contributed by atoms with Gasteiger partial charge in [0.15, 0.2) is 0 Å². The molecule has 0 aromatic rings. The van der Waals surface area contributed by atoms with Gasteiger partial charge in [-0.3, -0.25) is 4.79 Å². The van der Waals surface area contributed by atoms with Gasteiger partial charge in [-0.1, -0.05) is 0 Å². The van der Waals surface area contributed by atoms with Crippen molar-refractivity contribution in [1.29, 1.82) is 0 Å². The van der Waals surface area contributed by atoms with Gasteiger partial charge in [-0.15, -0.1) is 11.6 Å². The molecule has 0 radical (unpaired) electrons. The van der Waals surface area contributed by atoms with Gasteiger partial charge in [-0.25, -0.2) is 13.1 Å². The Morgan fingerprint density at radius 2 is 1.94 bits per heavy atom. The summed E-state index contributed by atoms with van der Waals surface area (Å²) in [7, 11) is -3.35. The zero-order chi connectivity index (χ0) is 12.6. The van der Waals surface area contributed by atoms with Gasteiger partial charge in [-0.05, 0) is 26.7 Å². The molecule has 0 spiro atoms. The SMILES string of the molecule is CC(C)NC(=O)CNS(=O)(=O)CCCCCl. The monoisotopic (exact) mass is 270 g/mol. The zero-order valence-corrected chi connectivity index (χ0v) is 11.2. The van der Waals surface area contributed by atoms with E-state index in [1.165, 1.54) is 0 Å². The van der Waals surface area contributed by atoms with Crippen LogP contribution in [0.15, 0.2) is 0 Å². The van der Waals surface area contributed by atoms with Gasteiger partial charge in [0.2, 0.25) is 15.9 Å². The van der Waals surface area contributed by atoms with E-state index in [9.17, 15) is 13.2 Å². The molecule has 16 heavy (non-hydrogen) atoms. The highest BCUT2D eigenvalue weighted by molar-refractivity contribution is 7.89. The summed E-state index contributed by atoms with van der Waals surface area (Å²) >= 11 is 5.44. The molecule has 0 atom stereocenters. The highest BCUT2D eigenvalue weighted by atomic mass is 35.5. The van der Waals surface area contributed by atoms with Crippen LogP contribution in [0.3, 0.4) is 0 Å². The van der Waals surface area contributed by atoms with Crippen LogP contribution in [-0.4, -0.2) is 38.5 Å². The molecule has 7 heteroatoms. The molecule has 0 saturated heterocycles. The third-order valence-electron chi connectivity index (χ3n) is 1.70. The number of hydrogen-bond acceptors (Lipinski definition) is 3. The Morgan fingerprint density at radius 3 is 2.44 bits per heavy atom. The first-order valence-electron chi connectivity index (χ1n) is 5.20. The van der Waals surface area contributed by atoms with Crippen LogP contribution in [0.2, 0.25) is 0 Å². The maximum Gasteiger partial charge on any atom is 0.235 e. The van der Waals surface area contributed by atoms with Crippen molar-refractivity contribution in [2.75, 3.05) is 18.2 Å². The number of amides is 1. The van der Waals surface area contributed by atoms with Crippen LogP contribution in [0.4, 0.5) is 0 Å². The Hall–Kier alpha value is -0.330. The Labute approximate surface area is 102 Å². The standard InChI is InChI=1S/C9H19ClN2O3S/c1-8(2)12-9(13)7-11-16(14,15)6-4-3-5-10/h8,11H,3-7H2,1-2H3,(H,12,13). The Kier molecular flexibility index (Phi) is 7.70. The Morgan fingerprint density at radius 1 is 1.31 bits per heavy atom. The topological polar surface area (TPSA) is 75.3 Å². The summed E-state index contributed by atoms with van der Waals surface area (Å²) in [6, 6.07) is 0.00764. The minimum atomic E-state index is -3.35. The van der Waals surface area contributed by atoms with Crippen molar-refractivity contribution < 1.29 is 13.2 Å². The summed E-state index contributed by atoms with van der Waals surface area (Å²) in [5, 5.41) is 2.60. The molecule has 2 N–H and O–H groups in total. The Balaban J connectivity index is 3.85. The van der Waals surface area contributed by atoms with Crippen LogP contribution in [0, 0.1) is 0 Å². The van der Waals surface area contributed by atoms with Crippen molar-refractivity contribution in [2.24, 2.45) is 0 Å². The van der Waals surface area contributed by atoms with Crippen LogP contribution in [0.5, 0.6) is 0 Å². The molecule has 1 amide bonds.